The molecule has 5 nitrogen and oxygen atoms in total. The average molecular weight is 630 g/mol. The van der Waals surface area contributed by atoms with Crippen molar-refractivity contribution in [1.82, 2.24) is 23.9 Å². The summed E-state index contributed by atoms with van der Waals surface area (Å²) in [7, 11) is 0. The van der Waals surface area contributed by atoms with Crippen molar-refractivity contribution in [2.45, 2.75) is 93.9 Å². The van der Waals surface area contributed by atoms with Crippen LogP contribution in [0.25, 0.3) is 44.4 Å². The normalized spacial score (nSPS) is 17.2. The molecule has 4 aromatic carbocycles. The third-order valence-electron chi connectivity index (χ3n) is 13.6. The zero-order valence-corrected chi connectivity index (χ0v) is 30.4. The molecule has 7 aromatic rings. The lowest BCUT2D eigenvalue weighted by molar-refractivity contribution is 0.122. The molecule has 0 saturated heterocycles. The van der Waals surface area contributed by atoms with Gasteiger partial charge in [-0.25, -0.2) is 9.97 Å². The molecule has 1 aliphatic carbocycles. The van der Waals surface area contributed by atoms with Gasteiger partial charge in [-0.1, -0.05) is 95.0 Å². The Balaban J connectivity index is 1.60. The molecular weight excluding hydrogens is 585 g/mol. The Kier molecular flexibility index (Phi) is 5.54. The van der Waals surface area contributed by atoms with Crippen LogP contribution in [-0.4, -0.2) is 30.6 Å². The van der Waals surface area contributed by atoms with E-state index in [9.17, 15) is 0 Å². The predicted molar refractivity (Wildman–Crippen MR) is 202 cm³/mol. The van der Waals surface area contributed by atoms with Crippen LogP contribution in [0.2, 0.25) is 0 Å². The van der Waals surface area contributed by atoms with Gasteiger partial charge in [-0.3, -0.25) is 14.0 Å². The Morgan fingerprint density at radius 1 is 0.667 bits per heavy atom. The first-order valence-electron chi connectivity index (χ1n) is 17.4. The second kappa shape index (κ2) is 8.96. The predicted octanol–water partition coefficient (Wildman–Crippen LogP) is 7.65. The molecule has 6 heteroatoms. The van der Waals surface area contributed by atoms with E-state index in [1.54, 1.807) is 0 Å². The Morgan fingerprint density at radius 3 is 2.00 bits per heavy atom. The van der Waals surface area contributed by atoms with Crippen molar-refractivity contribution in [2.24, 2.45) is 5.41 Å². The van der Waals surface area contributed by atoms with Crippen LogP contribution < -0.4 is 16.5 Å². The second-order valence-electron chi connectivity index (χ2n) is 16.5. The largest absolute Gasteiger partial charge is 0.277 e. The van der Waals surface area contributed by atoms with Crippen LogP contribution in [0.5, 0.6) is 0 Å². The Hall–Kier alpha value is -4.45. The number of hydrogen-bond donors (Lipinski definition) is 0. The lowest BCUT2D eigenvalue weighted by Crippen LogP contribution is -2.59. The lowest BCUT2D eigenvalue weighted by atomic mass is 9.36. The molecule has 0 radical (unpaired) electrons. The number of rotatable bonds is 1. The molecule has 1 aliphatic heterocycles. The summed E-state index contributed by atoms with van der Waals surface area (Å²) in [5, 5.41) is 2.51. The molecule has 2 aliphatic rings. The van der Waals surface area contributed by atoms with Crippen molar-refractivity contribution in [3.63, 3.8) is 0 Å². The first kappa shape index (κ1) is 29.7. The summed E-state index contributed by atoms with van der Waals surface area (Å²) in [6.45, 7) is 27.6. The van der Waals surface area contributed by atoms with Crippen LogP contribution in [0.3, 0.4) is 0 Å². The van der Waals surface area contributed by atoms with E-state index in [0.29, 0.717) is 0 Å². The van der Waals surface area contributed by atoms with E-state index in [2.05, 4.69) is 141 Å². The van der Waals surface area contributed by atoms with Crippen LogP contribution in [-0.2, 0) is 10.8 Å². The van der Waals surface area contributed by atoms with Crippen molar-refractivity contribution in [2.75, 3.05) is 0 Å². The van der Waals surface area contributed by atoms with Gasteiger partial charge in [-0.2, -0.15) is 0 Å². The minimum Gasteiger partial charge on any atom is -0.277 e. The second-order valence-corrected chi connectivity index (χ2v) is 16.5. The summed E-state index contributed by atoms with van der Waals surface area (Å²) in [5.74, 6) is 1.82. The molecule has 240 valence electrons. The molecule has 4 heterocycles. The van der Waals surface area contributed by atoms with Gasteiger partial charge >= 0.3 is 0 Å². The quantitative estimate of drug-likeness (QED) is 0.175. The number of nitrogens with zero attached hydrogens (tertiary/aromatic N) is 5. The van der Waals surface area contributed by atoms with E-state index in [1.165, 1.54) is 71.6 Å². The molecular formula is C42H44BN5. The van der Waals surface area contributed by atoms with Crippen molar-refractivity contribution in [3.05, 3.63) is 93.3 Å². The molecule has 0 bridgehead atoms. The molecule has 0 fully saturated rings. The standard InChI is InChI=1S/C42H44BN5/c1-21-18-27-20-22(2)31-34-30(27)29(19-21)47-33-26(6)24(4)23(3)25(5)32(33)44-39(47)48(34)38-37(43(31)28-16-14-13-15-17-28)45-35-36(46-38)41(9,10)42(11,12)40(35,7)8/h13-20H,1-12H3. The molecule has 0 spiro atoms. The van der Waals surface area contributed by atoms with Gasteiger partial charge in [-0.15, -0.1) is 0 Å². The topological polar surface area (TPSA) is 48.0 Å². The highest BCUT2D eigenvalue weighted by Crippen LogP contribution is 2.60. The lowest BCUT2D eigenvalue weighted by Gasteiger charge is -2.43. The Bertz CT molecular complexity index is 2600. The first-order chi connectivity index (χ1) is 22.6. The zero-order valence-electron chi connectivity index (χ0n) is 30.4. The summed E-state index contributed by atoms with van der Waals surface area (Å²) >= 11 is 0. The highest BCUT2D eigenvalue weighted by Gasteiger charge is 2.60. The number of imidazole rings is 1. The van der Waals surface area contributed by atoms with Gasteiger partial charge in [-0.05, 0) is 91.7 Å². The van der Waals surface area contributed by atoms with E-state index >= 15 is 0 Å². The van der Waals surface area contributed by atoms with Gasteiger partial charge < -0.3 is 0 Å². The molecule has 9 rings (SSSR count). The maximum atomic E-state index is 5.81. The van der Waals surface area contributed by atoms with Crippen molar-refractivity contribution < 1.29 is 0 Å². The summed E-state index contributed by atoms with van der Waals surface area (Å²) < 4.78 is 4.83. The maximum absolute atomic E-state index is 5.81. The number of aryl methyl sites for hydroxylation is 4. The van der Waals surface area contributed by atoms with Gasteiger partial charge in [0, 0.05) is 16.2 Å². The average Bonchev–Trinajstić information content (AvgIpc) is 3.49. The van der Waals surface area contributed by atoms with Gasteiger partial charge in [0.2, 0.25) is 5.78 Å². The fourth-order valence-corrected chi connectivity index (χ4v) is 9.33. The van der Waals surface area contributed by atoms with Crippen LogP contribution in [0.15, 0.2) is 48.5 Å². The van der Waals surface area contributed by atoms with Gasteiger partial charge in [0.05, 0.1) is 39.0 Å². The van der Waals surface area contributed by atoms with E-state index in [1.807, 2.05) is 0 Å². The molecule has 3 aromatic heterocycles. The first-order valence-corrected chi connectivity index (χ1v) is 17.4. The maximum Gasteiger partial charge on any atom is 0.272 e. The van der Waals surface area contributed by atoms with Gasteiger partial charge in [0.25, 0.3) is 6.71 Å². The van der Waals surface area contributed by atoms with Crippen LogP contribution in [0, 0.1) is 47.0 Å². The minimum absolute atomic E-state index is 0.0599. The van der Waals surface area contributed by atoms with Crippen LogP contribution in [0.1, 0.15) is 86.3 Å². The van der Waals surface area contributed by atoms with Crippen molar-refractivity contribution in [3.8, 4) is 5.82 Å². The third-order valence-corrected chi connectivity index (χ3v) is 13.6. The SMILES string of the molecule is Cc1cc2cc(C)c3c4c2c(c1)n1c2c(C)c(C)c(C)c(C)c2nc1n4-c1nc2c(nc1B3c1ccccc1)C(C)(C)C(C)(C)C2(C)C. The molecule has 0 atom stereocenters. The number of aromatic nitrogens is 5. The molecule has 0 amide bonds. The summed E-state index contributed by atoms with van der Waals surface area (Å²) in [6, 6.07) is 18.1. The Labute approximate surface area is 283 Å². The van der Waals surface area contributed by atoms with Crippen LogP contribution in [0.4, 0.5) is 0 Å². The smallest absolute Gasteiger partial charge is 0.272 e. The van der Waals surface area contributed by atoms with Crippen molar-refractivity contribution in [1.29, 1.82) is 0 Å². The highest BCUT2D eigenvalue weighted by atomic mass is 15.2. The zero-order chi connectivity index (χ0) is 34.0. The number of hydrogen-bond acceptors (Lipinski definition) is 3. The van der Waals surface area contributed by atoms with E-state index in [-0.39, 0.29) is 23.0 Å². The van der Waals surface area contributed by atoms with Crippen molar-refractivity contribution >= 4 is 61.8 Å². The summed E-state index contributed by atoms with van der Waals surface area (Å²) in [4.78, 5) is 17.2. The number of benzene rings is 4. The van der Waals surface area contributed by atoms with Crippen LogP contribution >= 0.6 is 0 Å². The summed E-state index contributed by atoms with van der Waals surface area (Å²) in [6.07, 6.45) is 0. The molecule has 0 saturated carbocycles. The number of fused-ring (bicyclic) bond motifs is 8. The fourth-order valence-electron chi connectivity index (χ4n) is 9.33. The van der Waals surface area contributed by atoms with Gasteiger partial charge in [0.1, 0.15) is 0 Å². The molecule has 48 heavy (non-hydrogen) atoms. The molecule has 0 N–H and O–H groups in total. The molecule has 0 unspecified atom stereocenters. The highest BCUT2D eigenvalue weighted by molar-refractivity contribution is 6.97. The van der Waals surface area contributed by atoms with Gasteiger partial charge in [0.15, 0.2) is 5.82 Å². The van der Waals surface area contributed by atoms with E-state index < -0.39 is 0 Å². The minimum atomic E-state index is -0.190. The third kappa shape index (κ3) is 3.23. The monoisotopic (exact) mass is 629 g/mol. The van der Waals surface area contributed by atoms with E-state index in [4.69, 9.17) is 15.0 Å². The fraction of sp³-hybridized carbons (Fsp3) is 0.357. The Morgan fingerprint density at radius 2 is 1.31 bits per heavy atom. The summed E-state index contributed by atoms with van der Waals surface area (Å²) in [5.41, 5.74) is 17.7. The van der Waals surface area contributed by atoms with E-state index in [0.717, 1.165) is 34.1 Å².